The van der Waals surface area contributed by atoms with E-state index in [4.69, 9.17) is 16.6 Å². The number of aromatic nitrogens is 3. The van der Waals surface area contributed by atoms with Gasteiger partial charge in [-0.05, 0) is 31.4 Å². The summed E-state index contributed by atoms with van der Waals surface area (Å²) in [6.45, 7) is 8.67. The SMILES string of the molecule is CCCN(CCC)c1c(CC)nc2c(-c3ccc(Cl)cc3)nccn12. The minimum Gasteiger partial charge on any atom is -0.356 e. The highest BCUT2D eigenvalue weighted by atomic mass is 35.5. The number of nitrogens with zero attached hydrogens (tertiary/aromatic N) is 4. The summed E-state index contributed by atoms with van der Waals surface area (Å²) >= 11 is 6.03. The molecule has 0 spiro atoms. The second-order valence-corrected chi connectivity index (χ2v) is 6.64. The highest BCUT2D eigenvalue weighted by Crippen LogP contribution is 2.29. The first-order valence-corrected chi connectivity index (χ1v) is 9.44. The molecule has 132 valence electrons. The highest BCUT2D eigenvalue weighted by molar-refractivity contribution is 6.30. The van der Waals surface area contributed by atoms with Gasteiger partial charge in [-0.15, -0.1) is 0 Å². The van der Waals surface area contributed by atoms with Crippen LogP contribution in [0.1, 0.15) is 39.3 Å². The van der Waals surface area contributed by atoms with Gasteiger partial charge >= 0.3 is 0 Å². The van der Waals surface area contributed by atoms with Crippen LogP contribution in [0.4, 0.5) is 5.82 Å². The fourth-order valence-corrected chi connectivity index (χ4v) is 3.38. The lowest BCUT2D eigenvalue weighted by Crippen LogP contribution is -2.27. The van der Waals surface area contributed by atoms with Gasteiger partial charge < -0.3 is 4.90 Å². The number of anilines is 1. The largest absolute Gasteiger partial charge is 0.356 e. The third-order valence-corrected chi connectivity index (χ3v) is 4.58. The molecule has 0 fully saturated rings. The quantitative estimate of drug-likeness (QED) is 0.580. The molecule has 0 atom stereocenters. The molecule has 0 aliphatic rings. The summed E-state index contributed by atoms with van der Waals surface area (Å²) < 4.78 is 2.20. The number of halogens is 1. The fourth-order valence-electron chi connectivity index (χ4n) is 3.26. The van der Waals surface area contributed by atoms with Crippen molar-refractivity contribution in [3.05, 3.63) is 47.4 Å². The summed E-state index contributed by atoms with van der Waals surface area (Å²) in [4.78, 5) is 12.0. The Labute approximate surface area is 154 Å². The number of imidazole rings is 1. The van der Waals surface area contributed by atoms with Crippen molar-refractivity contribution in [2.24, 2.45) is 0 Å². The Morgan fingerprint density at radius 1 is 1.04 bits per heavy atom. The molecule has 3 rings (SSSR count). The van der Waals surface area contributed by atoms with E-state index in [1.54, 1.807) is 0 Å². The second kappa shape index (κ2) is 7.87. The Morgan fingerprint density at radius 2 is 1.72 bits per heavy atom. The van der Waals surface area contributed by atoms with Crippen molar-refractivity contribution in [2.75, 3.05) is 18.0 Å². The van der Waals surface area contributed by atoms with Crippen molar-refractivity contribution in [1.29, 1.82) is 0 Å². The summed E-state index contributed by atoms with van der Waals surface area (Å²) in [7, 11) is 0. The maximum atomic E-state index is 6.03. The van der Waals surface area contributed by atoms with Crippen LogP contribution in [0.3, 0.4) is 0 Å². The molecule has 5 heteroatoms. The van der Waals surface area contributed by atoms with E-state index < -0.39 is 0 Å². The topological polar surface area (TPSA) is 33.4 Å². The van der Waals surface area contributed by atoms with E-state index in [2.05, 4.69) is 35.1 Å². The second-order valence-electron chi connectivity index (χ2n) is 6.20. The van der Waals surface area contributed by atoms with E-state index in [1.165, 1.54) is 5.82 Å². The predicted octanol–water partition coefficient (Wildman–Crippen LogP) is 5.24. The van der Waals surface area contributed by atoms with Gasteiger partial charge in [-0.2, -0.15) is 0 Å². The smallest absolute Gasteiger partial charge is 0.165 e. The van der Waals surface area contributed by atoms with Crippen LogP contribution in [-0.4, -0.2) is 27.5 Å². The van der Waals surface area contributed by atoms with Gasteiger partial charge in [-0.3, -0.25) is 9.38 Å². The van der Waals surface area contributed by atoms with Gasteiger partial charge in [0.15, 0.2) is 5.65 Å². The summed E-state index contributed by atoms with van der Waals surface area (Å²) in [5, 5.41) is 0.728. The van der Waals surface area contributed by atoms with Crippen molar-refractivity contribution < 1.29 is 0 Å². The van der Waals surface area contributed by atoms with Crippen LogP contribution in [0.5, 0.6) is 0 Å². The Morgan fingerprint density at radius 3 is 2.32 bits per heavy atom. The van der Waals surface area contributed by atoms with Crippen molar-refractivity contribution in [2.45, 2.75) is 40.0 Å². The van der Waals surface area contributed by atoms with Gasteiger partial charge in [0.2, 0.25) is 0 Å². The lowest BCUT2D eigenvalue weighted by molar-refractivity contribution is 0.725. The molecule has 2 aromatic heterocycles. The van der Waals surface area contributed by atoms with Crippen LogP contribution < -0.4 is 4.90 Å². The molecule has 0 radical (unpaired) electrons. The Kier molecular flexibility index (Phi) is 5.59. The number of rotatable bonds is 7. The summed E-state index contributed by atoms with van der Waals surface area (Å²) in [6.07, 6.45) is 7.02. The van der Waals surface area contributed by atoms with E-state index in [0.717, 1.165) is 60.0 Å². The molecule has 4 nitrogen and oxygen atoms in total. The summed E-state index contributed by atoms with van der Waals surface area (Å²) in [5.74, 6) is 1.21. The first kappa shape index (κ1) is 17.7. The van der Waals surface area contributed by atoms with Crippen LogP contribution in [0.2, 0.25) is 5.02 Å². The zero-order valence-corrected chi connectivity index (χ0v) is 15.9. The minimum atomic E-state index is 0.728. The van der Waals surface area contributed by atoms with Gasteiger partial charge in [-0.25, -0.2) is 4.98 Å². The van der Waals surface area contributed by atoms with Crippen LogP contribution >= 0.6 is 11.6 Å². The fraction of sp³-hybridized carbons (Fsp3) is 0.400. The molecule has 25 heavy (non-hydrogen) atoms. The molecular formula is C20H25ClN4. The van der Waals surface area contributed by atoms with Gasteiger partial charge in [-0.1, -0.05) is 44.5 Å². The first-order chi connectivity index (χ1) is 12.2. The zero-order chi connectivity index (χ0) is 17.8. The molecule has 2 heterocycles. The van der Waals surface area contributed by atoms with Crippen molar-refractivity contribution in [3.8, 4) is 11.3 Å². The minimum absolute atomic E-state index is 0.728. The maximum absolute atomic E-state index is 6.03. The van der Waals surface area contributed by atoms with E-state index in [-0.39, 0.29) is 0 Å². The molecule has 0 aliphatic carbocycles. The maximum Gasteiger partial charge on any atom is 0.165 e. The van der Waals surface area contributed by atoms with Crippen LogP contribution in [0, 0.1) is 0 Å². The number of hydrogen-bond donors (Lipinski definition) is 0. The zero-order valence-electron chi connectivity index (χ0n) is 15.2. The predicted molar refractivity (Wildman–Crippen MR) is 106 cm³/mol. The standard InChI is InChI=1S/C20H25ClN4/c1-4-12-24(13-5-2)20-17(6-3)23-19-18(22-11-14-25(19)20)15-7-9-16(21)10-8-15/h7-11,14H,4-6,12-13H2,1-3H3. The summed E-state index contributed by atoms with van der Waals surface area (Å²) in [6, 6.07) is 7.79. The van der Waals surface area contributed by atoms with Crippen molar-refractivity contribution in [1.82, 2.24) is 14.4 Å². The van der Waals surface area contributed by atoms with E-state index >= 15 is 0 Å². The molecule has 0 N–H and O–H groups in total. The number of hydrogen-bond acceptors (Lipinski definition) is 3. The Hall–Kier alpha value is -2.07. The monoisotopic (exact) mass is 356 g/mol. The number of fused-ring (bicyclic) bond motifs is 1. The molecule has 0 aliphatic heterocycles. The van der Waals surface area contributed by atoms with Crippen LogP contribution in [0.25, 0.3) is 16.9 Å². The molecule has 3 aromatic rings. The molecule has 0 saturated heterocycles. The van der Waals surface area contributed by atoms with Crippen molar-refractivity contribution >= 4 is 23.1 Å². The lowest BCUT2D eigenvalue weighted by atomic mass is 10.1. The molecule has 0 bridgehead atoms. The molecule has 0 amide bonds. The van der Waals surface area contributed by atoms with Gasteiger partial charge in [0, 0.05) is 36.1 Å². The molecule has 1 aromatic carbocycles. The first-order valence-electron chi connectivity index (χ1n) is 9.06. The average molecular weight is 357 g/mol. The lowest BCUT2D eigenvalue weighted by Gasteiger charge is -2.24. The average Bonchev–Trinajstić information content (AvgIpc) is 3.01. The van der Waals surface area contributed by atoms with Crippen molar-refractivity contribution in [3.63, 3.8) is 0 Å². The number of benzene rings is 1. The van der Waals surface area contributed by atoms with Crippen LogP contribution in [-0.2, 0) is 6.42 Å². The Balaban J connectivity index is 2.18. The third-order valence-electron chi connectivity index (χ3n) is 4.33. The van der Waals surface area contributed by atoms with Gasteiger partial charge in [0.25, 0.3) is 0 Å². The normalized spacial score (nSPS) is 11.2. The van der Waals surface area contributed by atoms with E-state index in [0.29, 0.717) is 0 Å². The molecular weight excluding hydrogens is 332 g/mol. The molecule has 0 saturated carbocycles. The van der Waals surface area contributed by atoms with Gasteiger partial charge in [0.05, 0.1) is 5.69 Å². The third kappa shape index (κ3) is 3.49. The van der Waals surface area contributed by atoms with E-state index in [9.17, 15) is 0 Å². The highest BCUT2D eigenvalue weighted by Gasteiger charge is 2.19. The Bertz CT molecular complexity index is 833. The van der Waals surface area contributed by atoms with Gasteiger partial charge in [0.1, 0.15) is 11.5 Å². The van der Waals surface area contributed by atoms with Crippen LogP contribution in [0.15, 0.2) is 36.7 Å². The molecule has 0 unspecified atom stereocenters. The number of aryl methyl sites for hydroxylation is 1. The summed E-state index contributed by atoms with van der Waals surface area (Å²) in [5.41, 5.74) is 3.97. The van der Waals surface area contributed by atoms with E-state index in [1.807, 2.05) is 36.7 Å².